The Morgan fingerprint density at radius 3 is 2.31 bits per heavy atom. The van der Waals surface area contributed by atoms with Crippen molar-refractivity contribution in [1.82, 2.24) is 10.6 Å². The molecule has 0 aliphatic heterocycles. The molecule has 0 fully saturated rings. The zero-order valence-corrected chi connectivity index (χ0v) is 14.5. The molecule has 2 N–H and O–H groups in total. The van der Waals surface area contributed by atoms with Crippen molar-refractivity contribution in [3.63, 3.8) is 0 Å². The molecule has 3 amide bonds. The molecule has 0 bridgehead atoms. The molecule has 0 aromatic heterocycles. The Hall–Kier alpha value is -3.35. The lowest BCUT2D eigenvalue weighted by Gasteiger charge is -2.18. The Balaban J connectivity index is 2.25. The number of urea groups is 1. The molecule has 26 heavy (non-hydrogen) atoms. The molecule has 0 saturated carbocycles. The minimum Gasteiger partial charge on any atom is -0.496 e. The van der Waals surface area contributed by atoms with Gasteiger partial charge in [0, 0.05) is 12.1 Å². The second kappa shape index (κ2) is 9.22. The second-order valence-electron chi connectivity index (χ2n) is 5.25. The highest BCUT2D eigenvalue weighted by Crippen LogP contribution is 2.23. The summed E-state index contributed by atoms with van der Waals surface area (Å²) in [5.74, 6) is -1.15. The smallest absolute Gasteiger partial charge is 0.343 e. The van der Waals surface area contributed by atoms with E-state index in [-0.39, 0.29) is 5.56 Å². The van der Waals surface area contributed by atoms with Crippen molar-refractivity contribution >= 4 is 17.9 Å². The molecule has 0 saturated heterocycles. The van der Waals surface area contributed by atoms with Crippen LogP contribution in [-0.4, -0.2) is 31.6 Å². The van der Waals surface area contributed by atoms with Crippen LogP contribution in [0.4, 0.5) is 4.79 Å². The van der Waals surface area contributed by atoms with Gasteiger partial charge < -0.3 is 14.8 Å². The van der Waals surface area contributed by atoms with E-state index in [9.17, 15) is 14.4 Å². The van der Waals surface area contributed by atoms with Crippen molar-refractivity contribution < 1.29 is 23.9 Å². The van der Waals surface area contributed by atoms with Gasteiger partial charge in [-0.05, 0) is 19.1 Å². The fourth-order valence-electron chi connectivity index (χ4n) is 2.27. The van der Waals surface area contributed by atoms with Gasteiger partial charge >= 0.3 is 12.0 Å². The third-order valence-corrected chi connectivity index (χ3v) is 3.47. The Kier molecular flexibility index (Phi) is 6.73. The minimum absolute atomic E-state index is 0.182. The number of rotatable bonds is 6. The van der Waals surface area contributed by atoms with Crippen molar-refractivity contribution in [2.24, 2.45) is 0 Å². The van der Waals surface area contributed by atoms with Crippen LogP contribution >= 0.6 is 0 Å². The van der Waals surface area contributed by atoms with Crippen LogP contribution in [0.15, 0.2) is 54.6 Å². The number of carbonyl (C=O) groups is 3. The molecule has 2 aromatic rings. The number of amides is 3. The van der Waals surface area contributed by atoms with E-state index in [0.29, 0.717) is 17.9 Å². The molecule has 0 aliphatic carbocycles. The van der Waals surface area contributed by atoms with E-state index in [1.54, 1.807) is 55.5 Å². The number of esters is 1. The molecule has 0 aliphatic rings. The zero-order valence-electron chi connectivity index (χ0n) is 14.5. The molecule has 2 aromatic carbocycles. The summed E-state index contributed by atoms with van der Waals surface area (Å²) in [5, 5.41) is 4.62. The van der Waals surface area contributed by atoms with E-state index in [1.807, 2.05) is 0 Å². The third-order valence-electron chi connectivity index (χ3n) is 3.47. The van der Waals surface area contributed by atoms with Crippen LogP contribution in [0.25, 0.3) is 0 Å². The standard InChI is InChI=1S/C19H20N2O5/c1-3-20-19(24)21-17(22)16(13-9-5-4-6-10-13)26-18(23)14-11-7-8-12-15(14)25-2/h4-12,16H,3H2,1-2H3,(H2,20,21,22,24)/t16-/m1/s1. The average Bonchev–Trinajstić information content (AvgIpc) is 2.66. The van der Waals surface area contributed by atoms with Crippen LogP contribution in [0.2, 0.25) is 0 Å². The SMILES string of the molecule is CCNC(=O)NC(=O)[C@H](OC(=O)c1ccccc1OC)c1ccccc1. The van der Waals surface area contributed by atoms with Crippen LogP contribution in [0.3, 0.4) is 0 Å². The lowest BCUT2D eigenvalue weighted by atomic mass is 10.1. The van der Waals surface area contributed by atoms with Crippen LogP contribution in [-0.2, 0) is 9.53 Å². The summed E-state index contributed by atoms with van der Waals surface area (Å²) in [6, 6.07) is 14.3. The molecular weight excluding hydrogens is 336 g/mol. The molecule has 7 nitrogen and oxygen atoms in total. The largest absolute Gasteiger partial charge is 0.496 e. The van der Waals surface area contributed by atoms with Gasteiger partial charge in [0.25, 0.3) is 5.91 Å². The Bertz CT molecular complexity index is 777. The number of methoxy groups -OCH3 is 1. The number of carbonyl (C=O) groups excluding carboxylic acids is 3. The van der Waals surface area contributed by atoms with Crippen LogP contribution in [0, 0.1) is 0 Å². The monoisotopic (exact) mass is 356 g/mol. The fraction of sp³-hybridized carbons (Fsp3) is 0.211. The highest BCUT2D eigenvalue weighted by molar-refractivity contribution is 5.99. The van der Waals surface area contributed by atoms with Crippen LogP contribution < -0.4 is 15.4 Å². The predicted octanol–water partition coefficient (Wildman–Crippen LogP) is 2.44. The first-order valence-corrected chi connectivity index (χ1v) is 8.04. The highest BCUT2D eigenvalue weighted by Gasteiger charge is 2.28. The molecule has 0 spiro atoms. The summed E-state index contributed by atoms with van der Waals surface area (Å²) in [6.45, 7) is 2.08. The maximum absolute atomic E-state index is 12.5. The number of benzene rings is 2. The summed E-state index contributed by atoms with van der Waals surface area (Å²) in [7, 11) is 1.43. The summed E-state index contributed by atoms with van der Waals surface area (Å²) < 4.78 is 10.5. The summed E-state index contributed by atoms with van der Waals surface area (Å²) in [5.41, 5.74) is 0.624. The van der Waals surface area contributed by atoms with Gasteiger partial charge in [-0.15, -0.1) is 0 Å². The number of imide groups is 1. The lowest BCUT2D eigenvalue weighted by molar-refractivity contribution is -0.129. The zero-order chi connectivity index (χ0) is 18.9. The van der Waals surface area contributed by atoms with Crippen molar-refractivity contribution in [2.45, 2.75) is 13.0 Å². The van der Waals surface area contributed by atoms with E-state index in [1.165, 1.54) is 13.2 Å². The molecule has 0 unspecified atom stereocenters. The van der Waals surface area contributed by atoms with E-state index in [0.717, 1.165) is 0 Å². The molecule has 0 heterocycles. The molecule has 7 heteroatoms. The highest BCUT2D eigenvalue weighted by atomic mass is 16.6. The maximum Gasteiger partial charge on any atom is 0.343 e. The first-order chi connectivity index (χ1) is 12.6. The van der Waals surface area contributed by atoms with Gasteiger partial charge in [0.2, 0.25) is 6.10 Å². The Morgan fingerprint density at radius 1 is 1.00 bits per heavy atom. The average molecular weight is 356 g/mol. The van der Waals surface area contributed by atoms with Crippen LogP contribution in [0.1, 0.15) is 28.9 Å². The van der Waals surface area contributed by atoms with Gasteiger partial charge in [0.1, 0.15) is 11.3 Å². The maximum atomic E-state index is 12.5. The third kappa shape index (κ3) is 4.83. The van der Waals surface area contributed by atoms with Crippen molar-refractivity contribution in [3.05, 3.63) is 65.7 Å². The van der Waals surface area contributed by atoms with Gasteiger partial charge in [-0.25, -0.2) is 9.59 Å². The van der Waals surface area contributed by atoms with Crippen LogP contribution in [0.5, 0.6) is 5.75 Å². The van der Waals surface area contributed by atoms with Gasteiger partial charge in [-0.1, -0.05) is 42.5 Å². The van der Waals surface area contributed by atoms with Gasteiger partial charge in [0.05, 0.1) is 7.11 Å². The summed E-state index contributed by atoms with van der Waals surface area (Å²) in [6.07, 6.45) is -1.28. The first kappa shape index (κ1) is 19.0. The molecule has 1 atom stereocenters. The van der Waals surface area contributed by atoms with Crippen molar-refractivity contribution in [1.29, 1.82) is 0 Å². The number of nitrogens with one attached hydrogen (secondary N) is 2. The Morgan fingerprint density at radius 2 is 1.65 bits per heavy atom. The quantitative estimate of drug-likeness (QED) is 0.776. The topological polar surface area (TPSA) is 93.7 Å². The van der Waals surface area contributed by atoms with Gasteiger partial charge in [0.15, 0.2) is 0 Å². The van der Waals surface area contributed by atoms with Crippen molar-refractivity contribution in [2.75, 3.05) is 13.7 Å². The summed E-state index contributed by atoms with van der Waals surface area (Å²) in [4.78, 5) is 36.7. The van der Waals surface area contributed by atoms with Gasteiger partial charge in [-0.3, -0.25) is 10.1 Å². The van der Waals surface area contributed by atoms with E-state index < -0.39 is 24.0 Å². The predicted molar refractivity (Wildman–Crippen MR) is 94.8 cm³/mol. The normalized spacial score (nSPS) is 11.2. The Labute approximate surface area is 151 Å². The fourth-order valence-corrected chi connectivity index (χ4v) is 2.27. The number of ether oxygens (including phenoxy) is 2. The van der Waals surface area contributed by atoms with E-state index in [4.69, 9.17) is 9.47 Å². The molecule has 136 valence electrons. The first-order valence-electron chi connectivity index (χ1n) is 8.04. The van der Waals surface area contributed by atoms with Crippen molar-refractivity contribution in [3.8, 4) is 5.75 Å². The number of hydrogen-bond acceptors (Lipinski definition) is 5. The number of para-hydroxylation sites is 1. The van der Waals surface area contributed by atoms with E-state index in [2.05, 4.69) is 10.6 Å². The van der Waals surface area contributed by atoms with E-state index >= 15 is 0 Å². The number of hydrogen-bond donors (Lipinski definition) is 2. The van der Waals surface area contributed by atoms with Gasteiger partial charge in [-0.2, -0.15) is 0 Å². The summed E-state index contributed by atoms with van der Waals surface area (Å²) >= 11 is 0. The molecular formula is C19H20N2O5. The molecule has 2 rings (SSSR count). The lowest BCUT2D eigenvalue weighted by Crippen LogP contribution is -2.42. The molecule has 0 radical (unpaired) electrons. The minimum atomic E-state index is -1.28. The second-order valence-corrected chi connectivity index (χ2v) is 5.25.